The quantitative estimate of drug-likeness (QED) is 0.0119. The summed E-state index contributed by atoms with van der Waals surface area (Å²) in [4.78, 5) is 101. The zero-order chi connectivity index (χ0) is 66.1. The second-order valence-corrected chi connectivity index (χ2v) is 16.8. The van der Waals surface area contributed by atoms with Crippen LogP contribution in [0.25, 0.3) is 0 Å². The topological polar surface area (TPSA) is 320 Å². The number of hydroxylamine groups is 2. The van der Waals surface area contributed by atoms with Gasteiger partial charge in [0.25, 0.3) is 0 Å². The Morgan fingerprint density at radius 1 is 0.696 bits per heavy atom. The van der Waals surface area contributed by atoms with E-state index in [-0.39, 0.29) is 17.5 Å². The van der Waals surface area contributed by atoms with Gasteiger partial charge >= 0.3 is 37.4 Å². The lowest BCUT2D eigenvalue weighted by Gasteiger charge is -2.18. The summed E-state index contributed by atoms with van der Waals surface area (Å²) in [6, 6.07) is -4.67. The van der Waals surface area contributed by atoms with Gasteiger partial charge in [-0.1, -0.05) is 89.2 Å². The third-order valence-corrected chi connectivity index (χ3v) is 8.34. The average Bonchev–Trinajstić information content (AvgIpc) is 3.30. The van der Waals surface area contributed by atoms with Crippen LogP contribution in [0.1, 0.15) is 130 Å². The predicted octanol–water partition coefficient (Wildman–Crippen LogP) is 6.11. The van der Waals surface area contributed by atoms with Gasteiger partial charge in [-0.15, -0.1) is 11.6 Å². The van der Waals surface area contributed by atoms with Crippen molar-refractivity contribution in [1.82, 2.24) is 15.7 Å². The molecule has 0 heterocycles. The maximum Gasteiger partial charge on any atom is 0.354 e. The molecule has 0 radical (unpaired) electrons. The summed E-state index contributed by atoms with van der Waals surface area (Å²) < 4.78 is 107. The van der Waals surface area contributed by atoms with E-state index < -0.39 is 109 Å². The minimum absolute atomic E-state index is 0.000000000000000222. The van der Waals surface area contributed by atoms with Gasteiger partial charge in [-0.3, -0.25) is 38.2 Å². The molecule has 0 aliphatic rings. The van der Waals surface area contributed by atoms with Gasteiger partial charge < -0.3 is 54.6 Å². The molecular formula is C45H90ClN4O18P. The number of nitrogens with zero attached hydrogens (tertiary/aromatic N) is 1. The summed E-state index contributed by atoms with van der Waals surface area (Å²) in [5.74, 6) is -13.3. The summed E-state index contributed by atoms with van der Waals surface area (Å²) in [5.41, 5.74) is 4.16. The fourth-order valence-corrected chi connectivity index (χ4v) is 4.07. The molecule has 0 aromatic heterocycles. The maximum absolute atomic E-state index is 11.5. The highest BCUT2D eigenvalue weighted by atomic mass is 35.5. The van der Waals surface area contributed by atoms with Crippen molar-refractivity contribution in [3.05, 3.63) is 11.8 Å². The van der Waals surface area contributed by atoms with Crippen LogP contribution >= 0.6 is 19.2 Å². The highest BCUT2D eigenvalue weighted by Crippen LogP contribution is 2.51. The molecule has 0 aromatic carbocycles. The van der Waals surface area contributed by atoms with Crippen molar-refractivity contribution in [3.63, 3.8) is 0 Å². The van der Waals surface area contributed by atoms with E-state index in [4.69, 9.17) is 29.7 Å². The number of amides is 3. The number of aliphatic carboxylic acids is 2. The van der Waals surface area contributed by atoms with Crippen molar-refractivity contribution < 1.29 is 99.7 Å². The SMILES string of the molecule is CCl.COC(=O)C(C)P(=O)(OC)OC.[2H]C(C)([13CH3])/[13CH]=C(\[15NH]C(C)=O)C(=O)OC.[2H]C(C)([13CH3])[13CH]=O.[2H]C(C)([13CH3])[13C](=O)N(C)OC.[2H]C(C)([13CH3])[13C](=O)O.[2H][13C@H](C([2H])(C)[13CH3])[C@]([2H])([15NH2])C(=O)O.[2H][13C@H](C([2H])(C)[13CH3])[C@]([2H])([15NH]C(C)=O)C(=O)OC. The summed E-state index contributed by atoms with van der Waals surface area (Å²) in [5, 5.41) is 21.9. The smallest absolute Gasteiger partial charge is 0.354 e. The largest absolute Gasteiger partial charge is 0.481 e. The van der Waals surface area contributed by atoms with E-state index in [2.05, 4.69) is 50.3 Å². The van der Waals surface area contributed by atoms with Crippen LogP contribution in [0.2, 0.25) is 0 Å². The molecule has 11 atom stereocenters. The standard InChI is InChI=1S/C9H17NO3.C9H15NO3.2C6H13NO2.C6H13O5P.C4H8O2.C4H8O.CH3Cl/c2*1-6(2)5-8(9(12)13-4)10-7(3)11;1-5(2)6(8)7(3)9-4;1-4(2)3-5(7)6(8)9;1-5(6(7)9-2)12(8,10-3)11-4;1-3(2)4(5)6;1-4(2)3-5;1-2/h6,8H,5H2,1-4H3,(H,10,11);5-6H,1-4H3,(H,10,11);5H,1-4H3;4-5H,3,7H2,1-2H3,(H,8,9);5H,1-4H3;3H,1-2H3,(H,5,6);3-4H,1-2H3;1H3/b;8-5-;;;;;;/t8-;;;5-;;;;/m0..0..../s1/i1+1,5+1D,6D,8D,10+1;1+1,5+1,6D,10+1;1+1,5D,6+1;1+1,3+1D,4D,5D,7+1;;1+1,3D,4+1;1+1,3+1,4D;/t5-,6?,8+;;;3-,4?,5+;;;;/m1..1..... The van der Waals surface area contributed by atoms with Crippen LogP contribution in [0.15, 0.2) is 11.8 Å². The molecular weight excluding hydrogens is 966 g/mol. The minimum atomic E-state index is -3.32. The van der Waals surface area contributed by atoms with Crippen LogP contribution in [0.3, 0.4) is 0 Å². The number of aldehydes is 1. The Morgan fingerprint density at radius 3 is 1.28 bits per heavy atom. The Morgan fingerprint density at radius 2 is 1.09 bits per heavy atom. The molecule has 0 spiro atoms. The van der Waals surface area contributed by atoms with Crippen molar-refractivity contribution >= 4 is 73.1 Å². The summed E-state index contributed by atoms with van der Waals surface area (Å²) in [6.45, 7) is 21.3. The summed E-state index contributed by atoms with van der Waals surface area (Å²) >= 11 is 4.64. The van der Waals surface area contributed by atoms with Gasteiger partial charge in [-0.2, -0.15) is 0 Å². The van der Waals surface area contributed by atoms with E-state index in [1.807, 2.05) is 0 Å². The van der Waals surface area contributed by atoms with Gasteiger partial charge in [0.05, 0.1) is 37.1 Å². The number of nitrogens with two attached hydrogens (primary N) is 1. The first-order valence-corrected chi connectivity index (χ1v) is 22.2. The fourth-order valence-electron chi connectivity index (χ4n) is 2.93. The summed E-state index contributed by atoms with van der Waals surface area (Å²) in [6.07, 6.45) is 0.464. The molecule has 0 bridgehead atoms. The van der Waals surface area contributed by atoms with Crippen molar-refractivity contribution in [2.45, 2.75) is 134 Å². The van der Waals surface area contributed by atoms with Crippen LogP contribution in [-0.4, -0.2) is 143 Å². The molecule has 24 heteroatoms. The molecule has 0 saturated heterocycles. The molecule has 410 valence electrons. The monoisotopic (exact) mass is 1070 g/mol. The van der Waals surface area contributed by atoms with E-state index in [1.54, 1.807) is 27.7 Å². The summed E-state index contributed by atoms with van der Waals surface area (Å²) in [7, 11) is 5.51. The number of carbonyl (C=O) groups is 9. The first kappa shape index (κ1) is 58.8. The molecule has 6 N–H and O–H groups in total. The van der Waals surface area contributed by atoms with E-state index in [0.29, 0.717) is 6.29 Å². The Hall–Kier alpha value is -4.47. The third kappa shape index (κ3) is 56.0. The minimum Gasteiger partial charge on any atom is -0.481 e. The molecule has 22 nitrogen and oxygen atoms in total. The number of carboxylic acids is 2. The Labute approximate surface area is 431 Å². The Balaban J connectivity index is -0.000000126. The molecule has 3 amide bonds. The molecule has 0 aliphatic heterocycles. The second-order valence-electron chi connectivity index (χ2n) is 14.2. The molecule has 0 aliphatic carbocycles. The number of hydrogen-bond acceptors (Lipinski definition) is 17. The normalized spacial score (nSPS) is 20.5. The number of hydrogen-bond donors (Lipinski definition) is 5. The van der Waals surface area contributed by atoms with Gasteiger partial charge in [0.1, 0.15) is 24.0 Å². The molecule has 0 rings (SSSR count). The van der Waals surface area contributed by atoms with Gasteiger partial charge in [-0.05, 0) is 37.4 Å². The lowest BCUT2D eigenvalue weighted by atomic mass is 10.3. The molecule has 0 aromatic rings. The number of allylic oxidation sites excluding steroid dienone is 1. The molecule has 0 saturated carbocycles. The number of carbonyl (C=O) groups excluding carboxylic acids is 7. The average molecular weight is 1070 g/mol. The van der Waals surface area contributed by atoms with Crippen LogP contribution in [0.5, 0.6) is 0 Å². The number of ether oxygens (including phenoxy) is 3. The molecule has 69 heavy (non-hydrogen) atoms. The number of esters is 3. The molecule has 0 fully saturated rings. The lowest BCUT2D eigenvalue weighted by Crippen LogP contribution is -2.41. The van der Waals surface area contributed by atoms with E-state index in [9.17, 15) is 47.7 Å². The zero-order valence-electron chi connectivity index (χ0n) is 54.7. The number of alkyl halides is 1. The van der Waals surface area contributed by atoms with E-state index in [0.717, 1.165) is 19.1 Å². The fraction of sp³-hybridized carbons (Fsp3) is 0.756. The second kappa shape index (κ2) is 49.9. The highest BCUT2D eigenvalue weighted by Gasteiger charge is 2.36. The number of halogens is 1. The number of rotatable bonds is 18. The van der Waals surface area contributed by atoms with E-state index in [1.165, 1.54) is 124 Å². The van der Waals surface area contributed by atoms with Crippen LogP contribution in [0.4, 0.5) is 0 Å². The molecule has 7 unspecified atom stereocenters. The van der Waals surface area contributed by atoms with Crippen molar-refractivity contribution in [1.29, 1.82) is 0 Å². The van der Waals surface area contributed by atoms with Gasteiger partial charge in [0.15, 0.2) is 5.66 Å². The van der Waals surface area contributed by atoms with Gasteiger partial charge in [-0.25, -0.2) is 14.7 Å². The van der Waals surface area contributed by atoms with Crippen LogP contribution < -0.4 is 16.4 Å². The van der Waals surface area contributed by atoms with E-state index >= 15 is 0 Å². The van der Waals surface area contributed by atoms with Crippen molar-refractivity contribution in [3.8, 4) is 0 Å². The van der Waals surface area contributed by atoms with Crippen molar-refractivity contribution in [2.24, 2.45) is 41.1 Å². The maximum atomic E-state index is 11.5. The van der Waals surface area contributed by atoms with Crippen LogP contribution in [-0.2, 0) is 75.8 Å². The number of carboxylic acid groups (broad SMARTS) is 2. The van der Waals surface area contributed by atoms with Gasteiger partial charge in [0, 0.05) is 64.3 Å². The number of nitrogens with one attached hydrogen (secondary N) is 2. The first-order valence-electron chi connectivity index (χ1n) is 25.0. The van der Waals surface area contributed by atoms with Crippen LogP contribution in [0, 0.1) is 35.4 Å². The van der Waals surface area contributed by atoms with Crippen molar-refractivity contribution in [2.75, 3.05) is 56.1 Å². The highest BCUT2D eigenvalue weighted by molar-refractivity contribution is 7.55. The predicted molar refractivity (Wildman–Crippen MR) is 266 cm³/mol. The Bertz CT molecular complexity index is 1960. The third-order valence-electron chi connectivity index (χ3n) is 6.17. The Kier molecular flexibility index (Phi) is 42.6. The van der Waals surface area contributed by atoms with Gasteiger partial charge in [0.2, 0.25) is 17.7 Å². The zero-order valence-corrected chi connectivity index (χ0v) is 46.3. The number of methoxy groups -OCH3 is 3. The lowest BCUT2D eigenvalue weighted by molar-refractivity contribution is -0.172. The first-order chi connectivity index (χ1) is 34.8.